The molecule has 3 rings (SSSR count). The third-order valence-corrected chi connectivity index (χ3v) is 4.90. The van der Waals surface area contributed by atoms with E-state index in [2.05, 4.69) is 19.2 Å². The van der Waals surface area contributed by atoms with Gasteiger partial charge in [0, 0.05) is 0 Å². The number of para-hydroxylation sites is 1. The number of carbonyl (C=O) groups is 1. The van der Waals surface area contributed by atoms with Crippen molar-refractivity contribution in [2.75, 3.05) is 5.32 Å². The Kier molecular flexibility index (Phi) is 2.88. The predicted octanol–water partition coefficient (Wildman–Crippen LogP) is 4.08. The molecular formula is C16H20FNO. The highest BCUT2D eigenvalue weighted by Crippen LogP contribution is 2.51. The standard InChI is InChI=1S/C16H20FNO/c1-16(2)9-4-3-7-11(16)13-10-6-5-8-12(17)14(10)18-15(13)19/h5-6,8,11,13H,3-4,7,9H2,1-2H3,(H,18,19). The number of benzene rings is 1. The summed E-state index contributed by atoms with van der Waals surface area (Å²) in [6.45, 7) is 4.47. The lowest BCUT2D eigenvalue weighted by Crippen LogP contribution is -2.35. The van der Waals surface area contributed by atoms with Crippen molar-refractivity contribution in [1.82, 2.24) is 0 Å². The number of hydrogen-bond donors (Lipinski definition) is 1. The molecule has 1 aromatic carbocycles. The van der Waals surface area contributed by atoms with Crippen molar-refractivity contribution < 1.29 is 9.18 Å². The van der Waals surface area contributed by atoms with Gasteiger partial charge in [0.2, 0.25) is 5.91 Å². The van der Waals surface area contributed by atoms with E-state index in [0.29, 0.717) is 11.6 Å². The highest BCUT2D eigenvalue weighted by Gasteiger charge is 2.45. The summed E-state index contributed by atoms with van der Waals surface area (Å²) in [5.74, 6) is -0.215. The Bertz CT molecular complexity index is 523. The fourth-order valence-electron chi connectivity index (χ4n) is 3.81. The summed E-state index contributed by atoms with van der Waals surface area (Å²) in [6.07, 6.45) is 4.60. The molecule has 2 atom stereocenters. The van der Waals surface area contributed by atoms with E-state index in [-0.39, 0.29) is 23.1 Å². The molecule has 1 amide bonds. The van der Waals surface area contributed by atoms with Crippen LogP contribution in [0, 0.1) is 17.2 Å². The first kappa shape index (κ1) is 12.6. The molecule has 1 aromatic rings. The van der Waals surface area contributed by atoms with Crippen LogP contribution in [-0.2, 0) is 4.79 Å². The first-order valence-corrected chi connectivity index (χ1v) is 7.10. The molecule has 0 spiro atoms. The lowest BCUT2D eigenvalue weighted by molar-refractivity contribution is -0.119. The third-order valence-electron chi connectivity index (χ3n) is 4.90. The second-order valence-corrected chi connectivity index (χ2v) is 6.51. The average Bonchev–Trinajstić information content (AvgIpc) is 2.67. The van der Waals surface area contributed by atoms with Gasteiger partial charge in [-0.1, -0.05) is 38.8 Å². The van der Waals surface area contributed by atoms with E-state index in [1.807, 2.05) is 6.07 Å². The summed E-state index contributed by atoms with van der Waals surface area (Å²) in [6, 6.07) is 5.01. The van der Waals surface area contributed by atoms with Crippen LogP contribution in [0.25, 0.3) is 0 Å². The molecule has 1 aliphatic heterocycles. The molecule has 1 aliphatic carbocycles. The van der Waals surface area contributed by atoms with Crippen molar-refractivity contribution in [2.24, 2.45) is 11.3 Å². The lowest BCUT2D eigenvalue weighted by atomic mass is 9.63. The maximum atomic E-state index is 13.8. The number of anilines is 1. The van der Waals surface area contributed by atoms with Crippen molar-refractivity contribution >= 4 is 11.6 Å². The summed E-state index contributed by atoms with van der Waals surface area (Å²) < 4.78 is 13.8. The van der Waals surface area contributed by atoms with E-state index in [1.165, 1.54) is 18.9 Å². The molecule has 102 valence electrons. The van der Waals surface area contributed by atoms with E-state index >= 15 is 0 Å². The van der Waals surface area contributed by atoms with Gasteiger partial charge in [0.15, 0.2) is 0 Å². The highest BCUT2D eigenvalue weighted by molar-refractivity contribution is 6.03. The molecule has 19 heavy (non-hydrogen) atoms. The van der Waals surface area contributed by atoms with Crippen LogP contribution in [0.1, 0.15) is 51.0 Å². The quantitative estimate of drug-likeness (QED) is 0.811. The molecule has 0 saturated heterocycles. The van der Waals surface area contributed by atoms with Gasteiger partial charge >= 0.3 is 0 Å². The van der Waals surface area contributed by atoms with Crippen LogP contribution in [0.2, 0.25) is 0 Å². The van der Waals surface area contributed by atoms with Crippen LogP contribution in [-0.4, -0.2) is 5.91 Å². The number of fused-ring (bicyclic) bond motifs is 1. The van der Waals surface area contributed by atoms with Crippen LogP contribution >= 0.6 is 0 Å². The van der Waals surface area contributed by atoms with Gasteiger partial charge in [-0.3, -0.25) is 4.79 Å². The number of carbonyl (C=O) groups excluding carboxylic acids is 1. The van der Waals surface area contributed by atoms with Crippen LogP contribution < -0.4 is 5.32 Å². The number of amides is 1. The zero-order valence-corrected chi connectivity index (χ0v) is 11.5. The second kappa shape index (κ2) is 4.32. The number of rotatable bonds is 1. The number of halogens is 1. The Morgan fingerprint density at radius 3 is 2.84 bits per heavy atom. The lowest BCUT2D eigenvalue weighted by Gasteiger charge is -2.41. The Labute approximate surface area is 113 Å². The monoisotopic (exact) mass is 261 g/mol. The fourth-order valence-corrected chi connectivity index (χ4v) is 3.81. The van der Waals surface area contributed by atoms with Crippen molar-refractivity contribution in [3.63, 3.8) is 0 Å². The zero-order chi connectivity index (χ0) is 13.6. The van der Waals surface area contributed by atoms with E-state index in [9.17, 15) is 9.18 Å². The van der Waals surface area contributed by atoms with Crippen molar-refractivity contribution in [2.45, 2.75) is 45.4 Å². The highest BCUT2D eigenvalue weighted by atomic mass is 19.1. The Morgan fingerprint density at radius 2 is 2.11 bits per heavy atom. The summed E-state index contributed by atoms with van der Waals surface area (Å²) >= 11 is 0. The van der Waals surface area contributed by atoms with Gasteiger partial charge in [-0.15, -0.1) is 0 Å². The molecule has 0 aromatic heterocycles. The van der Waals surface area contributed by atoms with Crippen molar-refractivity contribution in [3.05, 3.63) is 29.6 Å². The summed E-state index contributed by atoms with van der Waals surface area (Å²) in [5.41, 5.74) is 1.40. The number of hydrogen-bond acceptors (Lipinski definition) is 1. The molecule has 2 nitrogen and oxygen atoms in total. The summed E-state index contributed by atoms with van der Waals surface area (Å²) in [5, 5.41) is 2.74. The molecule has 0 bridgehead atoms. The summed E-state index contributed by atoms with van der Waals surface area (Å²) in [4.78, 5) is 12.3. The molecular weight excluding hydrogens is 241 g/mol. The van der Waals surface area contributed by atoms with Crippen LogP contribution in [0.4, 0.5) is 10.1 Å². The van der Waals surface area contributed by atoms with Crippen molar-refractivity contribution in [3.8, 4) is 0 Å². The van der Waals surface area contributed by atoms with Crippen LogP contribution in [0.15, 0.2) is 18.2 Å². The van der Waals surface area contributed by atoms with E-state index in [1.54, 1.807) is 6.07 Å². The Balaban J connectivity index is 2.02. The number of nitrogens with one attached hydrogen (secondary N) is 1. The smallest absolute Gasteiger partial charge is 0.232 e. The fraction of sp³-hybridized carbons (Fsp3) is 0.562. The van der Waals surface area contributed by atoms with Crippen LogP contribution in [0.3, 0.4) is 0 Å². The SMILES string of the molecule is CC1(C)CCCCC1C1C(=O)Nc2c(F)cccc21. The van der Waals surface area contributed by atoms with Gasteiger partial charge < -0.3 is 5.32 Å². The topological polar surface area (TPSA) is 29.1 Å². The minimum absolute atomic E-state index is 0.0277. The molecule has 3 heteroatoms. The molecule has 1 saturated carbocycles. The Morgan fingerprint density at radius 1 is 1.32 bits per heavy atom. The minimum Gasteiger partial charge on any atom is -0.323 e. The molecule has 1 fully saturated rings. The molecule has 2 aliphatic rings. The third kappa shape index (κ3) is 1.96. The van der Waals surface area contributed by atoms with Gasteiger partial charge in [0.25, 0.3) is 0 Å². The molecule has 2 unspecified atom stereocenters. The zero-order valence-electron chi connectivity index (χ0n) is 11.5. The Hall–Kier alpha value is -1.38. The average molecular weight is 261 g/mol. The van der Waals surface area contributed by atoms with E-state index < -0.39 is 0 Å². The summed E-state index contributed by atoms with van der Waals surface area (Å²) in [7, 11) is 0. The van der Waals surface area contributed by atoms with Gasteiger partial charge in [-0.05, 0) is 35.8 Å². The minimum atomic E-state index is -0.318. The van der Waals surface area contributed by atoms with Gasteiger partial charge in [0.05, 0.1) is 11.6 Å². The normalized spacial score (nSPS) is 28.9. The van der Waals surface area contributed by atoms with Crippen LogP contribution in [0.5, 0.6) is 0 Å². The van der Waals surface area contributed by atoms with Crippen molar-refractivity contribution in [1.29, 1.82) is 0 Å². The largest absolute Gasteiger partial charge is 0.323 e. The van der Waals surface area contributed by atoms with Gasteiger partial charge in [-0.25, -0.2) is 4.39 Å². The first-order valence-electron chi connectivity index (χ1n) is 7.10. The predicted molar refractivity (Wildman–Crippen MR) is 73.5 cm³/mol. The maximum absolute atomic E-state index is 13.8. The van der Waals surface area contributed by atoms with E-state index in [0.717, 1.165) is 18.4 Å². The van der Waals surface area contributed by atoms with Gasteiger partial charge in [0.1, 0.15) is 5.82 Å². The second-order valence-electron chi connectivity index (χ2n) is 6.51. The van der Waals surface area contributed by atoms with E-state index in [4.69, 9.17) is 0 Å². The van der Waals surface area contributed by atoms with Gasteiger partial charge in [-0.2, -0.15) is 0 Å². The maximum Gasteiger partial charge on any atom is 0.232 e. The first-order chi connectivity index (χ1) is 9.00. The molecule has 0 radical (unpaired) electrons. The molecule has 1 N–H and O–H groups in total. The molecule has 1 heterocycles.